The lowest BCUT2D eigenvalue weighted by Gasteiger charge is -2.08. The van der Waals surface area contributed by atoms with Crippen molar-refractivity contribution >= 4 is 16.0 Å². The van der Waals surface area contributed by atoms with Crippen LogP contribution in [0.4, 0.5) is 0 Å². The van der Waals surface area contributed by atoms with Gasteiger partial charge in [0, 0.05) is 6.54 Å². The van der Waals surface area contributed by atoms with Crippen LogP contribution in [0.25, 0.3) is 0 Å². The van der Waals surface area contributed by atoms with Crippen molar-refractivity contribution in [2.24, 2.45) is 5.73 Å². The highest BCUT2D eigenvalue weighted by atomic mass is 32.2. The highest BCUT2D eigenvalue weighted by Gasteiger charge is 2.11. The molecule has 0 aromatic carbocycles. The van der Waals surface area contributed by atoms with Crippen molar-refractivity contribution in [1.29, 1.82) is 0 Å². The van der Waals surface area contributed by atoms with Crippen molar-refractivity contribution in [3.8, 4) is 0 Å². The number of carbonyl (C=O) groups excluding carboxylic acids is 1. The third-order valence-corrected chi connectivity index (χ3v) is 2.22. The van der Waals surface area contributed by atoms with E-state index in [1.165, 1.54) is 0 Å². The number of aliphatic hydroxyl groups is 1. The summed E-state index contributed by atoms with van der Waals surface area (Å²) in [5.41, 5.74) is 5.15. The molecule has 1 atom stereocenters. The second-order valence-corrected chi connectivity index (χ2v) is 4.29. The van der Waals surface area contributed by atoms with Crippen LogP contribution in [-0.2, 0) is 14.9 Å². The third-order valence-electron chi connectivity index (χ3n) is 1.41. The molecule has 7 nitrogen and oxygen atoms in total. The van der Waals surface area contributed by atoms with E-state index in [1.54, 1.807) is 0 Å². The standard InChI is InChI=1S/C6H14N2O5S/c7-5(4-9)6(10)8-2-1-3-14(11,12)13/h5,9H,1-4,7H2,(H,8,10)(H,11,12,13)/t5-/m0/s1/i8+1. The molecule has 84 valence electrons. The van der Waals surface area contributed by atoms with E-state index in [1.807, 2.05) is 0 Å². The van der Waals surface area contributed by atoms with Crippen molar-refractivity contribution in [3.05, 3.63) is 0 Å². The molecule has 1 amide bonds. The SMILES string of the molecule is N[C@@H](CO)C(=O)[15NH]CCCS(=O)(=O)O. The van der Waals surface area contributed by atoms with Crippen LogP contribution in [-0.4, -0.2) is 48.9 Å². The number of nitrogens with two attached hydrogens (primary N) is 1. The lowest BCUT2D eigenvalue weighted by atomic mass is 10.3. The van der Waals surface area contributed by atoms with Crippen molar-refractivity contribution < 1.29 is 22.9 Å². The van der Waals surface area contributed by atoms with E-state index < -0.39 is 34.4 Å². The fourth-order valence-corrected chi connectivity index (χ4v) is 1.19. The summed E-state index contributed by atoms with van der Waals surface area (Å²) in [6.45, 7) is -0.379. The summed E-state index contributed by atoms with van der Waals surface area (Å²) < 4.78 is 28.8. The molecule has 0 heterocycles. The number of carbonyl (C=O) groups is 1. The topological polar surface area (TPSA) is 130 Å². The van der Waals surface area contributed by atoms with Gasteiger partial charge in [0.15, 0.2) is 0 Å². The summed E-state index contributed by atoms with van der Waals surface area (Å²) in [4.78, 5) is 10.9. The lowest BCUT2D eigenvalue weighted by Crippen LogP contribution is -2.43. The first kappa shape index (κ1) is 13.3. The van der Waals surface area contributed by atoms with Gasteiger partial charge in [-0.25, -0.2) is 0 Å². The van der Waals surface area contributed by atoms with E-state index in [0.29, 0.717) is 0 Å². The van der Waals surface area contributed by atoms with Gasteiger partial charge in [-0.3, -0.25) is 9.35 Å². The average molecular weight is 227 g/mol. The lowest BCUT2D eigenvalue weighted by molar-refractivity contribution is -0.123. The molecule has 0 fully saturated rings. The minimum absolute atomic E-state index is 0.0896. The van der Waals surface area contributed by atoms with Crippen LogP contribution in [0.2, 0.25) is 0 Å². The molecule has 0 saturated heterocycles. The smallest absolute Gasteiger partial charge is 0.264 e. The fourth-order valence-electron chi connectivity index (χ4n) is 0.680. The minimum Gasteiger partial charge on any atom is -0.394 e. The zero-order valence-electron chi connectivity index (χ0n) is 7.51. The van der Waals surface area contributed by atoms with Crippen molar-refractivity contribution in [2.75, 3.05) is 18.9 Å². The Morgan fingerprint density at radius 3 is 2.50 bits per heavy atom. The largest absolute Gasteiger partial charge is 0.394 e. The average Bonchev–Trinajstić information content (AvgIpc) is 2.09. The highest BCUT2D eigenvalue weighted by molar-refractivity contribution is 7.85. The van der Waals surface area contributed by atoms with E-state index in [0.717, 1.165) is 0 Å². The second kappa shape index (κ2) is 5.91. The number of rotatable bonds is 6. The summed E-state index contributed by atoms with van der Waals surface area (Å²) in [7, 11) is -3.98. The monoisotopic (exact) mass is 227 g/mol. The Bertz CT molecular complexity index is 276. The molecule has 0 rings (SSSR count). The van der Waals surface area contributed by atoms with Gasteiger partial charge in [-0.15, -0.1) is 0 Å². The van der Waals surface area contributed by atoms with Gasteiger partial charge >= 0.3 is 0 Å². The quantitative estimate of drug-likeness (QED) is 0.229. The van der Waals surface area contributed by atoms with Crippen molar-refractivity contribution in [3.63, 3.8) is 0 Å². The maximum atomic E-state index is 10.9. The molecular formula is C6H14N2O5S. The molecule has 0 radical (unpaired) electrons. The molecule has 14 heavy (non-hydrogen) atoms. The molecule has 0 aliphatic carbocycles. The maximum Gasteiger partial charge on any atom is 0.264 e. The number of nitrogens with one attached hydrogen (secondary N) is 1. The van der Waals surface area contributed by atoms with Crippen LogP contribution in [0.3, 0.4) is 0 Å². The Labute approximate surface area is 82.0 Å². The van der Waals surface area contributed by atoms with Gasteiger partial charge in [0.05, 0.1) is 12.4 Å². The molecular weight excluding hydrogens is 213 g/mol. The molecule has 0 aromatic heterocycles. The molecule has 8 heteroatoms. The molecule has 0 saturated carbocycles. The van der Waals surface area contributed by atoms with E-state index in [9.17, 15) is 13.2 Å². The predicted molar refractivity (Wildman–Crippen MR) is 49.1 cm³/mol. The molecule has 0 aliphatic heterocycles. The predicted octanol–water partition coefficient (Wildman–Crippen LogP) is -2.30. The molecule has 0 aliphatic rings. The summed E-state index contributed by atoms with van der Waals surface area (Å²) in [5, 5.41) is 10.8. The van der Waals surface area contributed by atoms with Crippen LogP contribution >= 0.6 is 0 Å². The van der Waals surface area contributed by atoms with Gasteiger partial charge in [0.25, 0.3) is 10.1 Å². The van der Waals surface area contributed by atoms with Gasteiger partial charge in [-0.1, -0.05) is 0 Å². The second-order valence-electron chi connectivity index (χ2n) is 2.72. The Hall–Kier alpha value is -0.700. The molecule has 0 bridgehead atoms. The number of hydrogen-bond acceptors (Lipinski definition) is 5. The summed E-state index contributed by atoms with van der Waals surface area (Å²) >= 11 is 0. The Morgan fingerprint density at radius 1 is 1.50 bits per heavy atom. The first-order chi connectivity index (χ1) is 6.37. The van der Waals surface area contributed by atoms with E-state index in [2.05, 4.69) is 5.32 Å². The Kier molecular flexibility index (Phi) is 5.62. The van der Waals surface area contributed by atoms with Crippen molar-refractivity contribution in [1.82, 2.24) is 5.32 Å². The first-order valence-corrected chi connectivity index (χ1v) is 5.57. The summed E-state index contributed by atoms with van der Waals surface area (Å²) in [6, 6.07) is -0.999. The van der Waals surface area contributed by atoms with Crippen LogP contribution in [0, 0.1) is 0 Å². The molecule has 0 spiro atoms. The molecule has 0 aromatic rings. The van der Waals surface area contributed by atoms with Gasteiger partial charge in [0.2, 0.25) is 5.91 Å². The summed E-state index contributed by atoms with van der Waals surface area (Å²) in [5.74, 6) is -0.968. The van der Waals surface area contributed by atoms with Crippen LogP contribution in [0.5, 0.6) is 0 Å². The van der Waals surface area contributed by atoms with Gasteiger partial charge in [0.1, 0.15) is 6.04 Å². The van der Waals surface area contributed by atoms with Gasteiger partial charge in [-0.2, -0.15) is 8.42 Å². The fraction of sp³-hybridized carbons (Fsp3) is 0.833. The highest BCUT2D eigenvalue weighted by Crippen LogP contribution is 1.87. The third kappa shape index (κ3) is 6.78. The molecule has 5 N–H and O–H groups in total. The molecule has 0 unspecified atom stereocenters. The van der Waals surface area contributed by atoms with Crippen LogP contribution < -0.4 is 11.1 Å². The summed E-state index contributed by atoms with van der Waals surface area (Å²) in [6.07, 6.45) is 0.0999. The zero-order valence-corrected chi connectivity index (χ0v) is 8.33. The normalized spacial score (nSPS) is 13.6. The number of amides is 1. The van der Waals surface area contributed by atoms with Crippen LogP contribution in [0.15, 0.2) is 0 Å². The van der Waals surface area contributed by atoms with Gasteiger partial charge < -0.3 is 16.2 Å². The number of hydrogen-bond donors (Lipinski definition) is 4. The van der Waals surface area contributed by atoms with E-state index in [-0.39, 0.29) is 13.0 Å². The van der Waals surface area contributed by atoms with Gasteiger partial charge in [-0.05, 0) is 6.42 Å². The minimum atomic E-state index is -3.98. The maximum absolute atomic E-state index is 10.9. The van der Waals surface area contributed by atoms with E-state index >= 15 is 0 Å². The Morgan fingerprint density at radius 2 is 2.07 bits per heavy atom. The Balaban J connectivity index is 3.61. The van der Waals surface area contributed by atoms with Crippen molar-refractivity contribution in [2.45, 2.75) is 12.5 Å². The van der Waals surface area contributed by atoms with E-state index in [4.69, 9.17) is 15.4 Å². The van der Waals surface area contributed by atoms with Crippen LogP contribution in [0.1, 0.15) is 6.42 Å². The first-order valence-electron chi connectivity index (χ1n) is 3.96. The number of aliphatic hydroxyl groups excluding tert-OH is 1. The zero-order chi connectivity index (χ0) is 11.2.